The van der Waals surface area contributed by atoms with Gasteiger partial charge in [0.2, 0.25) is 0 Å². The number of hydrogen-bond acceptors (Lipinski definition) is 3. The zero-order valence-electron chi connectivity index (χ0n) is 10.0. The summed E-state index contributed by atoms with van der Waals surface area (Å²) in [6, 6.07) is 10.3. The van der Waals surface area contributed by atoms with Crippen LogP contribution in [0.1, 0.15) is 19.3 Å². The van der Waals surface area contributed by atoms with Crippen LogP contribution < -0.4 is 11.1 Å². The standard InChI is InChI=1S/C14H19N3/c15-9-2-1-3-10-16-13-7-4-8-14-12(13)6-5-11-17-14/h4-8,11,16H,1-3,9-10,15H2. The quantitative estimate of drug-likeness (QED) is 0.749. The van der Waals surface area contributed by atoms with Gasteiger partial charge in [-0.05, 0) is 43.7 Å². The van der Waals surface area contributed by atoms with Crippen molar-refractivity contribution in [2.75, 3.05) is 18.4 Å². The molecule has 0 aliphatic heterocycles. The highest BCUT2D eigenvalue weighted by Crippen LogP contribution is 2.21. The van der Waals surface area contributed by atoms with Crippen molar-refractivity contribution in [3.63, 3.8) is 0 Å². The van der Waals surface area contributed by atoms with E-state index in [0.717, 1.165) is 31.4 Å². The van der Waals surface area contributed by atoms with Gasteiger partial charge in [-0.15, -0.1) is 0 Å². The van der Waals surface area contributed by atoms with Crippen molar-refractivity contribution in [2.45, 2.75) is 19.3 Å². The molecule has 1 aromatic heterocycles. The Morgan fingerprint density at radius 3 is 2.88 bits per heavy atom. The molecule has 3 nitrogen and oxygen atoms in total. The van der Waals surface area contributed by atoms with Crippen LogP contribution in [0.3, 0.4) is 0 Å². The van der Waals surface area contributed by atoms with Crippen LogP contribution in [0.25, 0.3) is 10.9 Å². The zero-order chi connectivity index (χ0) is 11.9. The van der Waals surface area contributed by atoms with Gasteiger partial charge in [0, 0.05) is 23.8 Å². The molecule has 0 saturated heterocycles. The maximum atomic E-state index is 5.47. The monoisotopic (exact) mass is 229 g/mol. The van der Waals surface area contributed by atoms with Crippen molar-refractivity contribution in [2.24, 2.45) is 5.73 Å². The predicted molar refractivity (Wildman–Crippen MR) is 73.1 cm³/mol. The number of anilines is 1. The van der Waals surface area contributed by atoms with Gasteiger partial charge in [-0.25, -0.2) is 0 Å². The average Bonchev–Trinajstić information content (AvgIpc) is 2.39. The van der Waals surface area contributed by atoms with E-state index in [0.29, 0.717) is 0 Å². The van der Waals surface area contributed by atoms with Gasteiger partial charge in [-0.3, -0.25) is 4.98 Å². The van der Waals surface area contributed by atoms with Crippen molar-refractivity contribution >= 4 is 16.6 Å². The number of unbranched alkanes of at least 4 members (excludes halogenated alkanes) is 2. The fourth-order valence-electron chi connectivity index (χ4n) is 1.93. The predicted octanol–water partition coefficient (Wildman–Crippen LogP) is 2.78. The van der Waals surface area contributed by atoms with Gasteiger partial charge < -0.3 is 11.1 Å². The first-order valence-electron chi connectivity index (χ1n) is 6.19. The summed E-state index contributed by atoms with van der Waals surface area (Å²) in [5.41, 5.74) is 7.68. The number of hydrogen-bond donors (Lipinski definition) is 2. The van der Waals surface area contributed by atoms with Crippen LogP contribution >= 0.6 is 0 Å². The third-order valence-electron chi connectivity index (χ3n) is 2.84. The molecule has 3 N–H and O–H groups in total. The van der Waals surface area contributed by atoms with Crippen molar-refractivity contribution < 1.29 is 0 Å². The van der Waals surface area contributed by atoms with E-state index in [1.807, 2.05) is 24.4 Å². The van der Waals surface area contributed by atoms with Crippen LogP contribution in [0, 0.1) is 0 Å². The lowest BCUT2D eigenvalue weighted by Gasteiger charge is -2.08. The van der Waals surface area contributed by atoms with Crippen molar-refractivity contribution in [3.05, 3.63) is 36.5 Å². The molecule has 2 rings (SSSR count). The summed E-state index contributed by atoms with van der Waals surface area (Å²) in [5.74, 6) is 0. The largest absolute Gasteiger partial charge is 0.384 e. The Hall–Kier alpha value is -1.61. The molecule has 0 unspecified atom stereocenters. The Balaban J connectivity index is 1.98. The number of nitrogens with one attached hydrogen (secondary N) is 1. The number of nitrogens with zero attached hydrogens (tertiary/aromatic N) is 1. The number of rotatable bonds is 6. The van der Waals surface area contributed by atoms with E-state index < -0.39 is 0 Å². The topological polar surface area (TPSA) is 50.9 Å². The fraction of sp³-hybridized carbons (Fsp3) is 0.357. The minimum atomic E-state index is 0.790. The SMILES string of the molecule is NCCCCCNc1cccc2ncccc12. The van der Waals surface area contributed by atoms with Crippen LogP contribution in [0.4, 0.5) is 5.69 Å². The van der Waals surface area contributed by atoms with E-state index in [2.05, 4.69) is 22.4 Å². The number of fused-ring (bicyclic) bond motifs is 1. The molecule has 90 valence electrons. The Kier molecular flexibility index (Phi) is 4.33. The van der Waals surface area contributed by atoms with Gasteiger partial charge >= 0.3 is 0 Å². The van der Waals surface area contributed by atoms with E-state index in [1.165, 1.54) is 17.5 Å². The molecular weight excluding hydrogens is 210 g/mol. The van der Waals surface area contributed by atoms with E-state index in [4.69, 9.17) is 5.73 Å². The molecule has 0 bridgehead atoms. The summed E-state index contributed by atoms with van der Waals surface area (Å²) in [7, 11) is 0. The van der Waals surface area contributed by atoms with Crippen LogP contribution in [-0.2, 0) is 0 Å². The Morgan fingerprint density at radius 2 is 2.00 bits per heavy atom. The lowest BCUT2D eigenvalue weighted by atomic mass is 10.1. The van der Waals surface area contributed by atoms with Gasteiger partial charge in [0.05, 0.1) is 5.52 Å². The highest BCUT2D eigenvalue weighted by molar-refractivity contribution is 5.91. The summed E-state index contributed by atoms with van der Waals surface area (Å²) < 4.78 is 0. The molecule has 1 heterocycles. The lowest BCUT2D eigenvalue weighted by Crippen LogP contribution is -2.04. The molecule has 0 amide bonds. The minimum absolute atomic E-state index is 0.790. The third kappa shape index (κ3) is 3.17. The molecule has 0 radical (unpaired) electrons. The number of pyridine rings is 1. The highest BCUT2D eigenvalue weighted by Gasteiger charge is 1.99. The van der Waals surface area contributed by atoms with E-state index in [1.54, 1.807) is 0 Å². The molecule has 0 aliphatic carbocycles. The number of aromatic nitrogens is 1. The molecule has 17 heavy (non-hydrogen) atoms. The summed E-state index contributed by atoms with van der Waals surface area (Å²) in [6.45, 7) is 1.78. The molecule has 1 aromatic carbocycles. The average molecular weight is 229 g/mol. The second kappa shape index (κ2) is 6.21. The summed E-state index contributed by atoms with van der Waals surface area (Å²) >= 11 is 0. The molecule has 0 atom stereocenters. The molecule has 0 aliphatic rings. The normalized spacial score (nSPS) is 10.6. The molecular formula is C14H19N3. The maximum Gasteiger partial charge on any atom is 0.0722 e. The first-order valence-corrected chi connectivity index (χ1v) is 6.19. The van der Waals surface area contributed by atoms with Crippen molar-refractivity contribution in [1.29, 1.82) is 0 Å². The van der Waals surface area contributed by atoms with E-state index in [9.17, 15) is 0 Å². The highest BCUT2D eigenvalue weighted by atomic mass is 14.9. The summed E-state index contributed by atoms with van der Waals surface area (Å²) in [4.78, 5) is 4.34. The summed E-state index contributed by atoms with van der Waals surface area (Å²) in [6.07, 6.45) is 5.28. The second-order valence-corrected chi connectivity index (χ2v) is 4.15. The Bertz CT molecular complexity index is 462. The molecule has 3 heteroatoms. The van der Waals surface area contributed by atoms with Gasteiger partial charge in [-0.1, -0.05) is 12.5 Å². The van der Waals surface area contributed by atoms with Crippen molar-refractivity contribution in [3.8, 4) is 0 Å². The van der Waals surface area contributed by atoms with Gasteiger partial charge in [0.1, 0.15) is 0 Å². The van der Waals surface area contributed by atoms with Crippen molar-refractivity contribution in [1.82, 2.24) is 4.98 Å². The van der Waals surface area contributed by atoms with Crippen LogP contribution in [-0.4, -0.2) is 18.1 Å². The maximum absolute atomic E-state index is 5.47. The fourth-order valence-corrected chi connectivity index (χ4v) is 1.93. The van der Waals surface area contributed by atoms with Gasteiger partial charge in [0.25, 0.3) is 0 Å². The van der Waals surface area contributed by atoms with Gasteiger partial charge in [-0.2, -0.15) is 0 Å². The molecule has 2 aromatic rings. The van der Waals surface area contributed by atoms with Crippen LogP contribution in [0.15, 0.2) is 36.5 Å². The molecule has 0 fully saturated rings. The van der Waals surface area contributed by atoms with Crippen LogP contribution in [0.5, 0.6) is 0 Å². The summed E-state index contributed by atoms with van der Waals surface area (Å²) in [5, 5.41) is 4.65. The van der Waals surface area contributed by atoms with Crippen LogP contribution in [0.2, 0.25) is 0 Å². The van der Waals surface area contributed by atoms with E-state index >= 15 is 0 Å². The molecule has 0 spiro atoms. The Labute approximate surface area is 102 Å². The first-order chi connectivity index (χ1) is 8.42. The zero-order valence-corrected chi connectivity index (χ0v) is 10.0. The van der Waals surface area contributed by atoms with Gasteiger partial charge in [0.15, 0.2) is 0 Å². The third-order valence-corrected chi connectivity index (χ3v) is 2.84. The lowest BCUT2D eigenvalue weighted by molar-refractivity contribution is 0.707. The minimum Gasteiger partial charge on any atom is -0.384 e. The smallest absolute Gasteiger partial charge is 0.0722 e. The first kappa shape index (κ1) is 11.9. The second-order valence-electron chi connectivity index (χ2n) is 4.15. The van der Waals surface area contributed by atoms with E-state index in [-0.39, 0.29) is 0 Å². The number of nitrogens with two attached hydrogens (primary N) is 1. The number of benzene rings is 1. The Morgan fingerprint density at radius 1 is 1.06 bits per heavy atom. The molecule has 0 saturated carbocycles.